The Morgan fingerprint density at radius 3 is 2.42 bits per heavy atom. The molecule has 0 N–H and O–H groups in total. The fourth-order valence-corrected chi connectivity index (χ4v) is 5.39. The number of thioether (sulfide) groups is 1. The second-order valence-corrected chi connectivity index (χ2v) is 8.59. The van der Waals surface area contributed by atoms with Crippen LogP contribution in [-0.2, 0) is 0 Å². The summed E-state index contributed by atoms with van der Waals surface area (Å²) in [4.78, 5) is 8.68. The van der Waals surface area contributed by atoms with Crippen molar-refractivity contribution in [3.8, 4) is 11.4 Å². The minimum Gasteiger partial charge on any atom is -0.497 e. The lowest BCUT2D eigenvalue weighted by molar-refractivity contribution is 0.414. The molecule has 3 heterocycles. The summed E-state index contributed by atoms with van der Waals surface area (Å²) in [7, 11) is 1.69. The van der Waals surface area contributed by atoms with Gasteiger partial charge in [-0.15, -0.1) is 0 Å². The summed E-state index contributed by atoms with van der Waals surface area (Å²) in [5, 5.41) is 5.88. The Morgan fingerprint density at radius 2 is 1.65 bits per heavy atom. The molecule has 0 saturated heterocycles. The van der Waals surface area contributed by atoms with E-state index in [1.165, 1.54) is 16.1 Å². The number of nitrogens with zero attached hydrogens (tertiary/aromatic N) is 4. The van der Waals surface area contributed by atoms with Crippen LogP contribution in [0.25, 0.3) is 5.69 Å². The average Bonchev–Trinajstić information content (AvgIpc) is 3.36. The Labute approximate surface area is 185 Å². The normalized spacial score (nSPS) is 16.4. The third-order valence-corrected chi connectivity index (χ3v) is 6.81. The molecule has 31 heavy (non-hydrogen) atoms. The molecule has 5 nitrogen and oxygen atoms in total. The van der Waals surface area contributed by atoms with Crippen molar-refractivity contribution in [3.63, 3.8) is 0 Å². The molecular formula is C25H20N4OS. The van der Waals surface area contributed by atoms with Crippen LogP contribution in [0.4, 0.5) is 11.5 Å². The van der Waals surface area contributed by atoms with Gasteiger partial charge in [-0.3, -0.25) is 0 Å². The largest absolute Gasteiger partial charge is 0.497 e. The van der Waals surface area contributed by atoms with Crippen LogP contribution < -0.4 is 9.64 Å². The SMILES string of the molecule is COc1ccc([C@H]2c3c(C)nn(-c4ccccc4)c3N=C3Sc4ccccc4N32)cc1. The highest BCUT2D eigenvalue weighted by Crippen LogP contribution is 2.52. The Morgan fingerprint density at radius 1 is 0.903 bits per heavy atom. The molecule has 0 aliphatic carbocycles. The van der Waals surface area contributed by atoms with E-state index in [0.29, 0.717) is 0 Å². The quantitative estimate of drug-likeness (QED) is 0.411. The third-order valence-electron chi connectivity index (χ3n) is 5.78. The first-order chi connectivity index (χ1) is 15.2. The maximum absolute atomic E-state index is 5.40. The monoisotopic (exact) mass is 424 g/mol. The van der Waals surface area contributed by atoms with Gasteiger partial charge in [0, 0.05) is 10.5 Å². The Balaban J connectivity index is 1.60. The second-order valence-electron chi connectivity index (χ2n) is 7.58. The van der Waals surface area contributed by atoms with E-state index in [1.807, 2.05) is 35.0 Å². The van der Waals surface area contributed by atoms with Crippen LogP contribution in [0.5, 0.6) is 5.75 Å². The molecule has 4 aromatic rings. The van der Waals surface area contributed by atoms with E-state index in [4.69, 9.17) is 14.8 Å². The lowest BCUT2D eigenvalue weighted by Crippen LogP contribution is -2.33. The van der Waals surface area contributed by atoms with Gasteiger partial charge >= 0.3 is 0 Å². The number of rotatable bonds is 3. The zero-order valence-electron chi connectivity index (χ0n) is 17.2. The predicted octanol–water partition coefficient (Wildman–Crippen LogP) is 5.89. The van der Waals surface area contributed by atoms with E-state index in [2.05, 4.69) is 60.4 Å². The first-order valence-electron chi connectivity index (χ1n) is 10.2. The summed E-state index contributed by atoms with van der Waals surface area (Å²) in [6, 6.07) is 27.0. The minimum absolute atomic E-state index is 0.0120. The van der Waals surface area contributed by atoms with E-state index in [1.54, 1.807) is 18.9 Å². The van der Waals surface area contributed by atoms with Crippen molar-refractivity contribution >= 4 is 28.4 Å². The molecular weight excluding hydrogens is 404 g/mol. The zero-order chi connectivity index (χ0) is 20.9. The predicted molar refractivity (Wildman–Crippen MR) is 125 cm³/mol. The number of hydrogen-bond donors (Lipinski definition) is 0. The number of benzene rings is 3. The summed E-state index contributed by atoms with van der Waals surface area (Å²) in [5.41, 5.74) is 5.50. The molecule has 0 spiro atoms. The van der Waals surface area contributed by atoms with Crippen molar-refractivity contribution in [3.05, 3.63) is 95.7 Å². The highest BCUT2D eigenvalue weighted by molar-refractivity contribution is 8.14. The second kappa shape index (κ2) is 7.03. The van der Waals surface area contributed by atoms with E-state index in [9.17, 15) is 0 Å². The molecule has 0 radical (unpaired) electrons. The standard InChI is InChI=1S/C25H20N4OS/c1-16-22-23(17-12-14-19(30-2)15-13-17)28-20-10-6-7-11-21(20)31-25(28)26-24(22)29(27-16)18-8-4-3-5-9-18/h3-15,23H,1-2H3/t23-/m0/s1. The summed E-state index contributed by atoms with van der Waals surface area (Å²) in [6.45, 7) is 2.07. The molecule has 6 heteroatoms. The van der Waals surface area contributed by atoms with Crippen molar-refractivity contribution in [1.29, 1.82) is 0 Å². The lowest BCUT2D eigenvalue weighted by atomic mass is 9.95. The fourth-order valence-electron chi connectivity index (χ4n) is 4.34. The van der Waals surface area contributed by atoms with Gasteiger partial charge in [0.1, 0.15) is 5.75 Å². The molecule has 0 bridgehead atoms. The third kappa shape index (κ3) is 2.79. The molecule has 152 valence electrons. The number of aliphatic imine (C=N–C) groups is 1. The summed E-state index contributed by atoms with van der Waals surface area (Å²) < 4.78 is 7.36. The summed E-state index contributed by atoms with van der Waals surface area (Å²) in [5.74, 6) is 1.75. The van der Waals surface area contributed by atoms with Crippen molar-refractivity contribution in [2.75, 3.05) is 12.0 Å². The van der Waals surface area contributed by atoms with Crippen molar-refractivity contribution in [2.45, 2.75) is 17.9 Å². The van der Waals surface area contributed by atoms with Crippen LogP contribution in [0.2, 0.25) is 0 Å². The van der Waals surface area contributed by atoms with E-state index < -0.39 is 0 Å². The number of hydrogen-bond acceptors (Lipinski definition) is 5. The Bertz CT molecular complexity index is 1310. The summed E-state index contributed by atoms with van der Waals surface area (Å²) in [6.07, 6.45) is 0. The van der Waals surface area contributed by atoms with Crippen molar-refractivity contribution < 1.29 is 4.74 Å². The van der Waals surface area contributed by atoms with Crippen LogP contribution in [0.3, 0.4) is 0 Å². The fraction of sp³-hybridized carbons (Fsp3) is 0.120. The van der Waals surface area contributed by atoms with Crippen LogP contribution in [0.1, 0.15) is 22.9 Å². The molecule has 2 aliphatic rings. The first-order valence-corrected chi connectivity index (χ1v) is 11.0. The molecule has 1 atom stereocenters. The van der Waals surface area contributed by atoms with Crippen LogP contribution in [0, 0.1) is 6.92 Å². The smallest absolute Gasteiger partial charge is 0.176 e. The lowest BCUT2D eigenvalue weighted by Gasteiger charge is -2.33. The Kier molecular flexibility index (Phi) is 4.14. The summed E-state index contributed by atoms with van der Waals surface area (Å²) >= 11 is 1.71. The van der Waals surface area contributed by atoms with Crippen molar-refractivity contribution in [1.82, 2.24) is 9.78 Å². The van der Waals surface area contributed by atoms with Gasteiger partial charge in [-0.25, -0.2) is 9.67 Å². The van der Waals surface area contributed by atoms with Crippen LogP contribution >= 0.6 is 11.8 Å². The average molecular weight is 425 g/mol. The van der Waals surface area contributed by atoms with Crippen molar-refractivity contribution in [2.24, 2.45) is 4.99 Å². The minimum atomic E-state index is -0.0120. The number of aryl methyl sites for hydroxylation is 1. The number of amidine groups is 1. The van der Waals surface area contributed by atoms with E-state index >= 15 is 0 Å². The maximum Gasteiger partial charge on any atom is 0.176 e. The van der Waals surface area contributed by atoms with Gasteiger partial charge in [0.2, 0.25) is 0 Å². The topological polar surface area (TPSA) is 42.6 Å². The van der Waals surface area contributed by atoms with Gasteiger partial charge in [-0.2, -0.15) is 5.10 Å². The van der Waals surface area contributed by atoms with Gasteiger partial charge in [0.05, 0.1) is 30.2 Å². The van der Waals surface area contributed by atoms with Gasteiger partial charge < -0.3 is 9.64 Å². The highest BCUT2D eigenvalue weighted by atomic mass is 32.2. The molecule has 2 aliphatic heterocycles. The molecule has 0 saturated carbocycles. The van der Waals surface area contributed by atoms with Gasteiger partial charge in [-0.1, -0.05) is 42.5 Å². The molecule has 0 amide bonds. The number of fused-ring (bicyclic) bond motifs is 4. The van der Waals surface area contributed by atoms with Crippen LogP contribution in [-0.4, -0.2) is 22.1 Å². The van der Waals surface area contributed by atoms with Gasteiger partial charge in [-0.05, 0) is 60.6 Å². The van der Waals surface area contributed by atoms with E-state index in [-0.39, 0.29) is 6.04 Å². The number of aromatic nitrogens is 2. The van der Waals surface area contributed by atoms with E-state index in [0.717, 1.165) is 33.7 Å². The molecule has 6 rings (SSSR count). The highest BCUT2D eigenvalue weighted by Gasteiger charge is 2.41. The molecule has 0 fully saturated rings. The van der Waals surface area contributed by atoms with Gasteiger partial charge in [0.25, 0.3) is 0 Å². The number of para-hydroxylation sites is 2. The molecule has 1 aromatic heterocycles. The zero-order valence-corrected chi connectivity index (χ0v) is 18.0. The molecule has 0 unspecified atom stereocenters. The Hall–Kier alpha value is -3.51. The number of methoxy groups -OCH3 is 1. The van der Waals surface area contributed by atoms with Gasteiger partial charge in [0.15, 0.2) is 11.0 Å². The maximum atomic E-state index is 5.40. The number of anilines is 1. The first kappa shape index (κ1) is 18.3. The van der Waals surface area contributed by atoms with Crippen LogP contribution in [0.15, 0.2) is 88.8 Å². The number of ether oxygens (including phenoxy) is 1. The molecule has 3 aromatic carbocycles.